The first-order valence-corrected chi connectivity index (χ1v) is 8.16. The summed E-state index contributed by atoms with van der Waals surface area (Å²) in [4.78, 5) is 22.5. The Hall–Kier alpha value is -2.68. The Morgan fingerprint density at radius 1 is 1.27 bits per heavy atom. The zero-order valence-corrected chi connectivity index (χ0v) is 13.9. The van der Waals surface area contributed by atoms with Crippen LogP contribution in [-0.4, -0.2) is 41.9 Å². The van der Waals surface area contributed by atoms with Crippen molar-refractivity contribution >= 4 is 17.4 Å². The van der Waals surface area contributed by atoms with Crippen molar-refractivity contribution in [2.45, 2.75) is 12.6 Å². The minimum Gasteiger partial charge on any atom is -0.383 e. The number of carbonyl (C=O) groups is 1. The van der Waals surface area contributed by atoms with Crippen molar-refractivity contribution in [3.8, 4) is 0 Å². The van der Waals surface area contributed by atoms with Gasteiger partial charge in [0.05, 0.1) is 11.1 Å². The zero-order chi connectivity index (χ0) is 18.7. The topological polar surface area (TPSA) is 84.1 Å². The molecule has 0 unspecified atom stereocenters. The molecule has 0 radical (unpaired) electrons. The van der Waals surface area contributed by atoms with E-state index in [1.807, 2.05) is 4.90 Å². The van der Waals surface area contributed by atoms with Crippen molar-refractivity contribution in [2.75, 3.05) is 36.8 Å². The van der Waals surface area contributed by atoms with Crippen molar-refractivity contribution in [1.29, 1.82) is 0 Å². The predicted molar refractivity (Wildman–Crippen MR) is 97.4 cm³/mol. The number of nitrogens with zero attached hydrogens (tertiary/aromatic N) is 3. The van der Waals surface area contributed by atoms with Crippen molar-refractivity contribution in [2.24, 2.45) is 0 Å². The highest BCUT2D eigenvalue weighted by molar-refractivity contribution is 6.10. The van der Waals surface area contributed by atoms with Gasteiger partial charge in [0, 0.05) is 30.1 Å². The van der Waals surface area contributed by atoms with Gasteiger partial charge >= 0.3 is 6.18 Å². The number of anilines is 2. The van der Waals surface area contributed by atoms with E-state index in [0.29, 0.717) is 12.0 Å². The lowest BCUT2D eigenvalue weighted by atomic mass is 10.1. The van der Waals surface area contributed by atoms with Gasteiger partial charge in [0.15, 0.2) is 0 Å². The largest absolute Gasteiger partial charge is 0.417 e. The minimum atomic E-state index is -4.61. The number of aromatic nitrogens is 2. The molecule has 3 heterocycles. The summed E-state index contributed by atoms with van der Waals surface area (Å²) in [5.74, 6) is -0.330. The first-order valence-electron chi connectivity index (χ1n) is 8.16. The third-order valence-corrected chi connectivity index (χ3v) is 4.12. The highest BCUT2D eigenvalue weighted by Gasteiger charge is 2.32. The first kappa shape index (κ1) is 18.1. The fourth-order valence-electron chi connectivity index (χ4n) is 2.75. The van der Waals surface area contributed by atoms with Gasteiger partial charge in [-0.25, -0.2) is 9.97 Å². The maximum atomic E-state index is 12.9. The third-order valence-electron chi connectivity index (χ3n) is 4.12. The summed E-state index contributed by atoms with van der Waals surface area (Å²) in [7, 11) is 0. The number of carbonyl (C=O) groups excluding carboxylic acids is 1. The maximum Gasteiger partial charge on any atom is 0.417 e. The molecule has 3 N–H and O–H groups in total. The summed E-state index contributed by atoms with van der Waals surface area (Å²) >= 11 is 0. The van der Waals surface area contributed by atoms with Gasteiger partial charge < -0.3 is 16.0 Å². The summed E-state index contributed by atoms with van der Waals surface area (Å²) in [5.41, 5.74) is 4.33. The molecular formula is C17H24F3N5O. The minimum absolute atomic E-state index is 0. The average molecular weight is 371 g/mol. The Bertz CT molecular complexity index is 815. The fourth-order valence-corrected chi connectivity index (χ4v) is 2.75. The van der Waals surface area contributed by atoms with E-state index >= 15 is 0 Å². The molecule has 26 heavy (non-hydrogen) atoms. The van der Waals surface area contributed by atoms with Gasteiger partial charge in [0.25, 0.3) is 0 Å². The van der Waals surface area contributed by atoms with Gasteiger partial charge in [-0.2, -0.15) is 13.2 Å². The van der Waals surface area contributed by atoms with Crippen molar-refractivity contribution < 1.29 is 22.2 Å². The van der Waals surface area contributed by atoms with E-state index in [2.05, 4.69) is 15.3 Å². The molecule has 2 aromatic rings. The number of pyridine rings is 2. The van der Waals surface area contributed by atoms with E-state index in [-0.39, 0.29) is 21.4 Å². The Balaban J connectivity index is 0.00000261. The van der Waals surface area contributed by atoms with Crippen LogP contribution in [0.5, 0.6) is 0 Å². The molecule has 1 aliphatic rings. The SMILES string of the molecule is Nc1ncc(C(F)(F)F)cc1C(=O)c1cccc(N2CCCNCC2)n1.[HH].[HH].[HH]. The van der Waals surface area contributed by atoms with Gasteiger partial charge in [0.1, 0.15) is 17.3 Å². The molecule has 0 atom stereocenters. The van der Waals surface area contributed by atoms with E-state index in [1.54, 1.807) is 12.1 Å². The van der Waals surface area contributed by atoms with Crippen molar-refractivity contribution in [3.05, 3.63) is 47.3 Å². The van der Waals surface area contributed by atoms with Crippen LogP contribution in [0.2, 0.25) is 0 Å². The molecule has 0 saturated carbocycles. The number of hydrogen-bond acceptors (Lipinski definition) is 6. The molecule has 1 aliphatic heterocycles. The molecule has 6 nitrogen and oxygen atoms in total. The molecule has 0 aliphatic carbocycles. The van der Waals surface area contributed by atoms with Crippen LogP contribution in [0.1, 0.15) is 32.3 Å². The second-order valence-electron chi connectivity index (χ2n) is 5.96. The quantitative estimate of drug-likeness (QED) is 0.807. The van der Waals surface area contributed by atoms with Crippen LogP contribution < -0.4 is 16.0 Å². The molecule has 0 amide bonds. The molecule has 1 fully saturated rings. The second-order valence-corrected chi connectivity index (χ2v) is 5.96. The van der Waals surface area contributed by atoms with Crippen molar-refractivity contribution in [1.82, 2.24) is 15.3 Å². The van der Waals surface area contributed by atoms with E-state index in [9.17, 15) is 18.0 Å². The number of nitrogen functional groups attached to an aromatic ring is 1. The van der Waals surface area contributed by atoms with Crippen LogP contribution >= 0.6 is 0 Å². The summed E-state index contributed by atoms with van der Waals surface area (Å²) < 4.78 is 38.7. The standard InChI is InChI=1S/C17H18F3N5O.3H2/c18-17(19,20)11-9-12(16(21)23-10-11)15(26)13-3-1-4-14(24-13)25-7-2-5-22-6-8-25;;;/h1,3-4,9-10,22H,2,5-8H2,(H2,21,23);3*1H. The Morgan fingerprint density at radius 3 is 2.85 bits per heavy atom. The van der Waals surface area contributed by atoms with E-state index in [1.165, 1.54) is 6.07 Å². The molecule has 0 spiro atoms. The Labute approximate surface area is 152 Å². The predicted octanol–water partition coefficient (Wildman–Crippen LogP) is 2.85. The second kappa shape index (κ2) is 7.28. The van der Waals surface area contributed by atoms with Crippen LogP contribution in [0.25, 0.3) is 0 Å². The summed E-state index contributed by atoms with van der Waals surface area (Å²) in [6.45, 7) is 3.22. The van der Waals surface area contributed by atoms with E-state index in [0.717, 1.165) is 38.7 Å². The molecule has 1 saturated heterocycles. The summed E-state index contributed by atoms with van der Waals surface area (Å²) in [5, 5.41) is 3.27. The van der Waals surface area contributed by atoms with Gasteiger partial charge in [-0.1, -0.05) is 6.07 Å². The Kier molecular flexibility index (Phi) is 5.08. The molecule has 3 rings (SSSR count). The molecule has 0 bridgehead atoms. The molecule has 2 aromatic heterocycles. The number of halogens is 3. The van der Waals surface area contributed by atoms with E-state index in [4.69, 9.17) is 5.73 Å². The lowest BCUT2D eigenvalue weighted by molar-refractivity contribution is -0.137. The van der Waals surface area contributed by atoms with Crippen LogP contribution in [-0.2, 0) is 6.18 Å². The summed E-state index contributed by atoms with van der Waals surface area (Å²) in [6, 6.07) is 5.61. The number of ketones is 1. The normalized spacial score (nSPS) is 15.6. The number of nitrogens with two attached hydrogens (primary N) is 1. The monoisotopic (exact) mass is 371 g/mol. The first-order chi connectivity index (χ1) is 12.4. The molecule has 0 aromatic carbocycles. The van der Waals surface area contributed by atoms with Crippen LogP contribution in [0, 0.1) is 0 Å². The van der Waals surface area contributed by atoms with Crippen LogP contribution in [0.4, 0.5) is 24.8 Å². The molecule has 144 valence electrons. The Morgan fingerprint density at radius 2 is 2.08 bits per heavy atom. The van der Waals surface area contributed by atoms with E-state index < -0.39 is 17.5 Å². The van der Waals surface area contributed by atoms with Crippen LogP contribution in [0.3, 0.4) is 0 Å². The molecular weight excluding hydrogens is 347 g/mol. The number of rotatable bonds is 3. The van der Waals surface area contributed by atoms with Gasteiger partial charge in [0.2, 0.25) is 5.78 Å². The van der Waals surface area contributed by atoms with Gasteiger partial charge in [-0.05, 0) is 31.2 Å². The maximum absolute atomic E-state index is 12.9. The average Bonchev–Trinajstić information content (AvgIpc) is 2.90. The number of nitrogens with one attached hydrogen (secondary N) is 1. The highest BCUT2D eigenvalue weighted by atomic mass is 19.4. The lowest BCUT2D eigenvalue weighted by Gasteiger charge is -2.21. The van der Waals surface area contributed by atoms with Crippen LogP contribution in [0.15, 0.2) is 30.5 Å². The van der Waals surface area contributed by atoms with Gasteiger partial charge in [-0.15, -0.1) is 0 Å². The zero-order valence-electron chi connectivity index (χ0n) is 13.9. The van der Waals surface area contributed by atoms with Crippen molar-refractivity contribution in [3.63, 3.8) is 0 Å². The smallest absolute Gasteiger partial charge is 0.383 e. The summed E-state index contributed by atoms with van der Waals surface area (Å²) in [6.07, 6.45) is -3.06. The highest BCUT2D eigenvalue weighted by Crippen LogP contribution is 2.30. The third kappa shape index (κ3) is 3.93. The molecule has 9 heteroatoms. The number of alkyl halides is 3. The fraction of sp³-hybridized carbons (Fsp3) is 0.353. The lowest BCUT2D eigenvalue weighted by Crippen LogP contribution is -2.29. The number of hydrogen-bond donors (Lipinski definition) is 2. The van der Waals surface area contributed by atoms with Gasteiger partial charge in [-0.3, -0.25) is 4.79 Å².